The summed E-state index contributed by atoms with van der Waals surface area (Å²) in [4.78, 5) is 98.3. The van der Waals surface area contributed by atoms with E-state index in [0.29, 0.717) is 0 Å². The molecule has 0 saturated heterocycles. The minimum absolute atomic E-state index is 0.0274. The van der Waals surface area contributed by atoms with Crippen molar-refractivity contribution in [3.8, 4) is 51.7 Å². The summed E-state index contributed by atoms with van der Waals surface area (Å²) in [6, 6.07) is 6.95. The lowest BCUT2D eigenvalue weighted by Gasteiger charge is -2.35. The molecule has 0 radical (unpaired) electrons. The maximum Gasteiger partial charge on any atom is 0.338 e. The zero-order valence-electron chi connectivity index (χ0n) is 31.7. The largest absolute Gasteiger partial charge is 0.481 e. The summed E-state index contributed by atoms with van der Waals surface area (Å²) in [7, 11) is 0. The zero-order valence-corrected chi connectivity index (χ0v) is 31.7. The Morgan fingerprint density at radius 2 is 1.02 bits per heavy atom. The van der Waals surface area contributed by atoms with Crippen LogP contribution in [0.4, 0.5) is 0 Å². The summed E-state index contributed by atoms with van der Waals surface area (Å²) < 4.78 is 54.5. The number of aliphatic hydroxyl groups excluding tert-OH is 1. The van der Waals surface area contributed by atoms with Crippen molar-refractivity contribution in [3.63, 3.8) is 0 Å². The highest BCUT2D eigenvalue weighted by molar-refractivity contribution is 5.92. The number of hydrogen-bond acceptors (Lipinski definition) is 19. The predicted octanol–water partition coefficient (Wildman–Crippen LogP) is 3.78. The summed E-state index contributed by atoms with van der Waals surface area (Å²) in [5.41, 5.74) is -0.212. The standard InChI is InChI=1S/C38H36O19/c1-16(39)48-26-13-28(49-17(2)40)27-15-34(57-38(47)25-11-32(52-20(5)43)37(55-23(8)46)33(12-25)53-21(6)44)35(56-29(27)14-26)24-9-30(50-18(3)41)36(54-22(7)45)31(10-24)51-19(4)42/h9-14,18,34-35,41H,15H2,1-8H3/t18?,34-,35-/m1/s1. The average Bonchev–Trinajstić information content (AvgIpc) is 3.05. The predicted molar refractivity (Wildman–Crippen MR) is 187 cm³/mol. The number of rotatable bonds is 12. The number of benzene rings is 3. The molecule has 302 valence electrons. The first-order valence-electron chi connectivity index (χ1n) is 16.7. The van der Waals surface area contributed by atoms with E-state index in [1.54, 1.807) is 0 Å². The fourth-order valence-electron chi connectivity index (χ4n) is 5.39. The Hall–Kier alpha value is -7.02. The third kappa shape index (κ3) is 11.5. The number of esters is 8. The van der Waals surface area contributed by atoms with Gasteiger partial charge in [0.15, 0.2) is 35.4 Å². The van der Waals surface area contributed by atoms with Gasteiger partial charge in [0.05, 0.1) is 5.56 Å². The molecule has 0 amide bonds. The van der Waals surface area contributed by atoms with E-state index in [0.717, 1.165) is 60.6 Å². The van der Waals surface area contributed by atoms with Gasteiger partial charge in [-0.25, -0.2) is 4.79 Å². The molecular formula is C38H36O19. The van der Waals surface area contributed by atoms with Gasteiger partial charge in [0.25, 0.3) is 0 Å². The molecule has 0 aliphatic carbocycles. The Balaban J connectivity index is 1.96. The van der Waals surface area contributed by atoms with Crippen molar-refractivity contribution in [2.24, 2.45) is 0 Å². The fraction of sp³-hybridized carbons (Fsp3) is 0.316. The van der Waals surface area contributed by atoms with Crippen LogP contribution in [0, 0.1) is 0 Å². The molecule has 0 spiro atoms. The normalized spacial score (nSPS) is 14.6. The first kappa shape index (κ1) is 42.7. The Morgan fingerprint density at radius 3 is 1.49 bits per heavy atom. The van der Waals surface area contributed by atoms with E-state index in [9.17, 15) is 43.5 Å². The van der Waals surface area contributed by atoms with Gasteiger partial charge in [0, 0.05) is 78.1 Å². The molecule has 3 atom stereocenters. The second-order valence-electron chi connectivity index (χ2n) is 12.1. The fourth-order valence-corrected chi connectivity index (χ4v) is 5.39. The Bertz CT molecular complexity index is 2110. The molecule has 19 nitrogen and oxygen atoms in total. The molecular weight excluding hydrogens is 760 g/mol. The molecule has 0 bridgehead atoms. The molecule has 1 aliphatic rings. The third-order valence-corrected chi connectivity index (χ3v) is 7.09. The molecule has 0 aromatic heterocycles. The van der Waals surface area contributed by atoms with Crippen LogP contribution in [0.25, 0.3) is 0 Å². The van der Waals surface area contributed by atoms with Crippen molar-refractivity contribution in [1.29, 1.82) is 0 Å². The summed E-state index contributed by atoms with van der Waals surface area (Å²) in [5, 5.41) is 10.1. The zero-order chi connectivity index (χ0) is 42.3. The van der Waals surface area contributed by atoms with Crippen molar-refractivity contribution in [3.05, 3.63) is 53.1 Å². The number of hydrogen-bond donors (Lipinski definition) is 1. The van der Waals surface area contributed by atoms with Crippen LogP contribution in [0.3, 0.4) is 0 Å². The summed E-state index contributed by atoms with van der Waals surface area (Å²) >= 11 is 0. The van der Waals surface area contributed by atoms with Gasteiger partial charge in [0.1, 0.15) is 23.4 Å². The van der Waals surface area contributed by atoms with Gasteiger partial charge in [-0.3, -0.25) is 33.6 Å². The van der Waals surface area contributed by atoms with Crippen LogP contribution in [0.2, 0.25) is 0 Å². The summed E-state index contributed by atoms with van der Waals surface area (Å²) in [5.74, 6) is -9.90. The highest BCUT2D eigenvalue weighted by atomic mass is 16.6. The maximum absolute atomic E-state index is 14.1. The van der Waals surface area contributed by atoms with Gasteiger partial charge in [-0.1, -0.05) is 0 Å². The van der Waals surface area contributed by atoms with E-state index >= 15 is 0 Å². The molecule has 1 heterocycles. The van der Waals surface area contributed by atoms with Crippen molar-refractivity contribution in [1.82, 2.24) is 0 Å². The van der Waals surface area contributed by atoms with E-state index in [1.807, 2.05) is 0 Å². The van der Waals surface area contributed by atoms with E-state index < -0.39 is 94.8 Å². The monoisotopic (exact) mass is 796 g/mol. The molecule has 1 aliphatic heterocycles. The Morgan fingerprint density at radius 1 is 0.579 bits per heavy atom. The number of ether oxygens (including phenoxy) is 10. The molecule has 0 saturated carbocycles. The molecule has 0 fully saturated rings. The topological polar surface area (TPSA) is 249 Å². The van der Waals surface area contributed by atoms with Crippen LogP contribution >= 0.6 is 0 Å². The molecule has 57 heavy (non-hydrogen) atoms. The van der Waals surface area contributed by atoms with Crippen molar-refractivity contribution < 1.29 is 90.8 Å². The van der Waals surface area contributed by atoms with Gasteiger partial charge >= 0.3 is 47.8 Å². The smallest absolute Gasteiger partial charge is 0.338 e. The SMILES string of the molecule is CC(=O)Oc1cc(OC(C)=O)c2c(c1)O[C@H](c1cc(OC(C)=O)c(OC(C)=O)c(OC(C)O)c1)[C@H](OC(=O)c1cc(OC(C)=O)c(OC(C)=O)c(OC(C)=O)c1)C2. The van der Waals surface area contributed by atoms with Crippen molar-refractivity contribution in [2.45, 2.75) is 80.3 Å². The summed E-state index contributed by atoms with van der Waals surface area (Å²) in [6.45, 7) is 8.68. The van der Waals surface area contributed by atoms with E-state index in [2.05, 4.69) is 0 Å². The lowest BCUT2D eigenvalue weighted by molar-refractivity contribution is -0.135. The van der Waals surface area contributed by atoms with Crippen LogP contribution in [-0.4, -0.2) is 65.3 Å². The number of carbonyl (C=O) groups is 8. The molecule has 1 N–H and O–H groups in total. The van der Waals surface area contributed by atoms with Crippen molar-refractivity contribution >= 4 is 47.8 Å². The molecule has 1 unspecified atom stereocenters. The lowest BCUT2D eigenvalue weighted by atomic mass is 9.93. The lowest BCUT2D eigenvalue weighted by Crippen LogP contribution is -2.35. The molecule has 3 aromatic carbocycles. The van der Waals surface area contributed by atoms with Crippen LogP contribution in [0.5, 0.6) is 51.7 Å². The van der Waals surface area contributed by atoms with Crippen molar-refractivity contribution in [2.75, 3.05) is 0 Å². The van der Waals surface area contributed by atoms with Gasteiger partial charge < -0.3 is 52.5 Å². The van der Waals surface area contributed by atoms with Gasteiger partial charge in [-0.2, -0.15) is 0 Å². The first-order chi connectivity index (χ1) is 26.7. The van der Waals surface area contributed by atoms with E-state index in [1.165, 1.54) is 31.2 Å². The van der Waals surface area contributed by atoms with Gasteiger partial charge in [-0.05, 0) is 31.2 Å². The van der Waals surface area contributed by atoms with Crippen LogP contribution in [-0.2, 0) is 44.7 Å². The minimum Gasteiger partial charge on any atom is -0.481 e. The van der Waals surface area contributed by atoms with Gasteiger partial charge in [0.2, 0.25) is 11.5 Å². The second-order valence-corrected chi connectivity index (χ2v) is 12.1. The number of aliphatic hydroxyl groups is 1. The first-order valence-corrected chi connectivity index (χ1v) is 16.7. The third-order valence-electron chi connectivity index (χ3n) is 7.09. The molecule has 19 heteroatoms. The Labute approximate surface area is 323 Å². The highest BCUT2D eigenvalue weighted by Crippen LogP contribution is 2.48. The van der Waals surface area contributed by atoms with Crippen LogP contribution < -0.4 is 42.6 Å². The highest BCUT2D eigenvalue weighted by Gasteiger charge is 2.39. The van der Waals surface area contributed by atoms with E-state index in [-0.39, 0.29) is 46.3 Å². The minimum atomic E-state index is -1.51. The van der Waals surface area contributed by atoms with Crippen LogP contribution in [0.1, 0.15) is 83.0 Å². The van der Waals surface area contributed by atoms with Gasteiger partial charge in [-0.15, -0.1) is 0 Å². The molecule has 3 aromatic rings. The number of fused-ring (bicyclic) bond motifs is 1. The molecule has 4 rings (SSSR count). The van der Waals surface area contributed by atoms with E-state index in [4.69, 9.17) is 47.4 Å². The quantitative estimate of drug-likeness (QED) is 0.155. The van der Waals surface area contributed by atoms with Crippen LogP contribution in [0.15, 0.2) is 36.4 Å². The summed E-state index contributed by atoms with van der Waals surface area (Å²) in [6.07, 6.45) is -4.65. The number of carbonyl (C=O) groups excluding carboxylic acids is 8. The Kier molecular flexibility index (Phi) is 13.5. The average molecular weight is 797 g/mol. The second kappa shape index (κ2) is 18.1. The maximum atomic E-state index is 14.1.